The van der Waals surface area contributed by atoms with Crippen LogP contribution in [0.25, 0.3) is 0 Å². The molecule has 0 aromatic carbocycles. The Balaban J connectivity index is 1.96. The van der Waals surface area contributed by atoms with Crippen LogP contribution in [-0.2, 0) is 11.2 Å². The van der Waals surface area contributed by atoms with Gasteiger partial charge in [0, 0.05) is 6.61 Å². The molecule has 5 nitrogen and oxygen atoms in total. The number of hydrogen-bond donors (Lipinski definition) is 1. The Hall–Kier alpha value is -1.01. The molecule has 0 bridgehead atoms. The fraction of sp³-hybridized carbons (Fsp3) is 0.727. The number of nitrogens with one attached hydrogen (secondary N) is 1. The molecular weight excluding hydrogens is 238 g/mol. The lowest BCUT2D eigenvalue weighted by Crippen LogP contribution is -2.40. The summed E-state index contributed by atoms with van der Waals surface area (Å²) in [7, 11) is 0. The van der Waals surface area contributed by atoms with Gasteiger partial charge in [0.2, 0.25) is 0 Å². The molecule has 0 unspecified atom stereocenters. The lowest BCUT2D eigenvalue weighted by molar-refractivity contribution is 0.0714. The van der Waals surface area contributed by atoms with Crippen LogP contribution in [0.5, 0.6) is 0 Å². The van der Waals surface area contributed by atoms with E-state index in [-0.39, 0.29) is 18.1 Å². The highest BCUT2D eigenvalue weighted by Crippen LogP contribution is 2.17. The molecule has 1 fully saturated rings. The van der Waals surface area contributed by atoms with Crippen LogP contribution in [0.3, 0.4) is 0 Å². The van der Waals surface area contributed by atoms with E-state index in [1.165, 1.54) is 0 Å². The Bertz CT molecular complexity index is 388. The number of rotatable bonds is 4. The zero-order chi connectivity index (χ0) is 12.3. The number of aromatic nitrogens is 2. The van der Waals surface area contributed by atoms with Crippen LogP contribution >= 0.6 is 11.5 Å². The molecule has 17 heavy (non-hydrogen) atoms. The summed E-state index contributed by atoms with van der Waals surface area (Å²) in [5.74, 6) is -0.0835. The highest BCUT2D eigenvalue weighted by molar-refractivity contribution is 7.08. The van der Waals surface area contributed by atoms with Gasteiger partial charge in [-0.1, -0.05) is 11.4 Å². The van der Waals surface area contributed by atoms with E-state index in [1.54, 1.807) is 0 Å². The predicted octanol–water partition coefficient (Wildman–Crippen LogP) is 1.40. The number of hydrogen-bond acceptors (Lipinski definition) is 5. The molecule has 2 heterocycles. The number of ether oxygens (including phenoxy) is 1. The van der Waals surface area contributed by atoms with Gasteiger partial charge in [0.25, 0.3) is 5.91 Å². The minimum Gasteiger partial charge on any atom is -0.376 e. The molecule has 0 radical (unpaired) electrons. The van der Waals surface area contributed by atoms with Gasteiger partial charge in [-0.15, -0.1) is 5.10 Å². The maximum absolute atomic E-state index is 12.0. The smallest absolute Gasteiger partial charge is 0.265 e. The first-order chi connectivity index (χ1) is 8.22. The Kier molecular flexibility index (Phi) is 4.06. The van der Waals surface area contributed by atoms with Crippen LogP contribution in [0.4, 0.5) is 0 Å². The molecule has 94 valence electrons. The second-order valence-corrected chi connectivity index (χ2v) is 4.97. The standard InChI is InChI=1S/C11H17N3O2S/c1-3-8-10(17-14-13-8)11(15)12-7(2)9-5-4-6-16-9/h7,9H,3-6H2,1-2H3,(H,12,15)/t7-,9-/m0/s1. The van der Waals surface area contributed by atoms with Crippen LogP contribution in [0, 0.1) is 0 Å². The van der Waals surface area contributed by atoms with Gasteiger partial charge in [-0.25, -0.2) is 0 Å². The van der Waals surface area contributed by atoms with Crippen molar-refractivity contribution in [1.82, 2.24) is 14.9 Å². The molecule has 0 spiro atoms. The van der Waals surface area contributed by atoms with E-state index < -0.39 is 0 Å². The number of amides is 1. The van der Waals surface area contributed by atoms with E-state index in [0.29, 0.717) is 4.88 Å². The molecule has 0 aliphatic carbocycles. The summed E-state index contributed by atoms with van der Waals surface area (Å²) in [5.41, 5.74) is 0.770. The molecule has 2 rings (SSSR count). The van der Waals surface area contributed by atoms with Gasteiger partial charge in [0.1, 0.15) is 4.88 Å². The first-order valence-electron chi connectivity index (χ1n) is 5.96. The molecule has 6 heteroatoms. The minimum absolute atomic E-state index is 0.0387. The van der Waals surface area contributed by atoms with Crippen molar-refractivity contribution in [2.45, 2.75) is 45.3 Å². The average molecular weight is 255 g/mol. The molecular formula is C11H17N3O2S. The third-order valence-electron chi connectivity index (χ3n) is 2.98. The molecule has 1 aromatic heterocycles. The topological polar surface area (TPSA) is 64.1 Å². The van der Waals surface area contributed by atoms with Crippen molar-refractivity contribution in [3.63, 3.8) is 0 Å². The predicted molar refractivity (Wildman–Crippen MR) is 65.2 cm³/mol. The maximum Gasteiger partial charge on any atom is 0.265 e. The number of nitrogens with zero attached hydrogens (tertiary/aromatic N) is 2. The summed E-state index contributed by atoms with van der Waals surface area (Å²) in [5, 5.41) is 6.90. The van der Waals surface area contributed by atoms with Gasteiger partial charge in [-0.2, -0.15) is 0 Å². The van der Waals surface area contributed by atoms with Gasteiger partial charge < -0.3 is 10.1 Å². The fourth-order valence-corrected chi connectivity index (χ4v) is 2.63. The van der Waals surface area contributed by atoms with Gasteiger partial charge in [0.15, 0.2) is 0 Å². The van der Waals surface area contributed by atoms with E-state index in [9.17, 15) is 4.79 Å². The zero-order valence-electron chi connectivity index (χ0n) is 10.1. The quantitative estimate of drug-likeness (QED) is 0.883. The highest BCUT2D eigenvalue weighted by atomic mass is 32.1. The zero-order valence-corrected chi connectivity index (χ0v) is 10.9. The van der Waals surface area contributed by atoms with Crippen molar-refractivity contribution >= 4 is 17.4 Å². The summed E-state index contributed by atoms with van der Waals surface area (Å²) in [4.78, 5) is 12.6. The van der Waals surface area contributed by atoms with Crippen LogP contribution in [0.2, 0.25) is 0 Å². The Morgan fingerprint density at radius 3 is 3.18 bits per heavy atom. The minimum atomic E-state index is -0.0835. The third-order valence-corrected chi connectivity index (χ3v) is 3.75. The average Bonchev–Trinajstić information content (AvgIpc) is 2.99. The molecule has 1 N–H and O–H groups in total. The summed E-state index contributed by atoms with van der Waals surface area (Å²) < 4.78 is 9.37. The second-order valence-electron chi connectivity index (χ2n) is 4.22. The molecule has 1 amide bonds. The molecule has 2 atom stereocenters. The summed E-state index contributed by atoms with van der Waals surface area (Å²) in [6, 6.07) is 0.0387. The second kappa shape index (κ2) is 5.55. The fourth-order valence-electron chi connectivity index (χ4n) is 1.97. The number of carbonyl (C=O) groups is 1. The molecule has 0 saturated carbocycles. The molecule has 1 aliphatic heterocycles. The SMILES string of the molecule is CCc1nnsc1C(=O)N[C@@H](C)[C@@H]1CCCO1. The van der Waals surface area contributed by atoms with E-state index in [1.807, 2.05) is 13.8 Å². The Labute approximate surface area is 105 Å². The van der Waals surface area contributed by atoms with Crippen LogP contribution in [-0.4, -0.2) is 34.2 Å². The lowest BCUT2D eigenvalue weighted by Gasteiger charge is -2.19. The van der Waals surface area contributed by atoms with Crippen LogP contribution < -0.4 is 5.32 Å². The van der Waals surface area contributed by atoms with Crippen molar-refractivity contribution in [1.29, 1.82) is 0 Å². The summed E-state index contributed by atoms with van der Waals surface area (Å²) >= 11 is 1.15. The van der Waals surface area contributed by atoms with Gasteiger partial charge in [-0.3, -0.25) is 4.79 Å². The third kappa shape index (κ3) is 2.81. The van der Waals surface area contributed by atoms with Crippen LogP contribution in [0.15, 0.2) is 0 Å². The van der Waals surface area contributed by atoms with Crippen molar-refractivity contribution < 1.29 is 9.53 Å². The molecule has 1 aliphatic rings. The van der Waals surface area contributed by atoms with Crippen molar-refractivity contribution in [3.8, 4) is 0 Å². The summed E-state index contributed by atoms with van der Waals surface area (Å²) in [6.45, 7) is 4.75. The van der Waals surface area contributed by atoms with Gasteiger partial charge in [0.05, 0.1) is 17.8 Å². The van der Waals surface area contributed by atoms with E-state index in [0.717, 1.165) is 43.1 Å². The number of aryl methyl sites for hydroxylation is 1. The number of carbonyl (C=O) groups excluding carboxylic acids is 1. The molecule has 1 saturated heterocycles. The highest BCUT2D eigenvalue weighted by Gasteiger charge is 2.25. The Morgan fingerprint density at radius 1 is 1.71 bits per heavy atom. The van der Waals surface area contributed by atoms with E-state index in [4.69, 9.17) is 4.74 Å². The normalized spacial score (nSPS) is 21.4. The van der Waals surface area contributed by atoms with Gasteiger partial charge >= 0.3 is 0 Å². The Morgan fingerprint density at radius 2 is 2.53 bits per heavy atom. The maximum atomic E-state index is 12.0. The first-order valence-corrected chi connectivity index (χ1v) is 6.73. The lowest BCUT2D eigenvalue weighted by atomic mass is 10.1. The van der Waals surface area contributed by atoms with Crippen LogP contribution in [0.1, 0.15) is 42.1 Å². The van der Waals surface area contributed by atoms with Gasteiger partial charge in [-0.05, 0) is 37.7 Å². The monoisotopic (exact) mass is 255 g/mol. The van der Waals surface area contributed by atoms with Crippen molar-refractivity contribution in [2.75, 3.05) is 6.61 Å². The van der Waals surface area contributed by atoms with Crippen molar-refractivity contribution in [2.24, 2.45) is 0 Å². The first kappa shape index (κ1) is 12.4. The van der Waals surface area contributed by atoms with E-state index >= 15 is 0 Å². The van der Waals surface area contributed by atoms with E-state index in [2.05, 4.69) is 14.9 Å². The molecule has 1 aromatic rings. The van der Waals surface area contributed by atoms with Crippen molar-refractivity contribution in [3.05, 3.63) is 10.6 Å². The summed E-state index contributed by atoms with van der Waals surface area (Å²) in [6.07, 6.45) is 2.97. The largest absolute Gasteiger partial charge is 0.376 e.